The summed E-state index contributed by atoms with van der Waals surface area (Å²) in [4.78, 5) is 24.6. The van der Waals surface area contributed by atoms with Gasteiger partial charge in [0, 0.05) is 24.5 Å². The summed E-state index contributed by atoms with van der Waals surface area (Å²) >= 11 is 0. The molecular weight excluding hydrogens is 629 g/mol. The van der Waals surface area contributed by atoms with E-state index in [1.54, 1.807) is 38.1 Å². The number of hydrogen-bond donors (Lipinski definition) is 0. The second kappa shape index (κ2) is 18.3. The first-order valence-electron chi connectivity index (χ1n) is 15.5. The molecule has 44 heavy (non-hydrogen) atoms. The fourth-order valence-electron chi connectivity index (χ4n) is 4.29. The molecular formula is C31H56O9Si4. The molecule has 0 aromatic heterocycles. The van der Waals surface area contributed by atoms with Crippen LogP contribution in [0.15, 0.2) is 41.6 Å². The van der Waals surface area contributed by atoms with Crippen molar-refractivity contribution in [2.75, 3.05) is 33.0 Å². The average Bonchev–Trinajstić information content (AvgIpc) is 2.88. The second-order valence-electron chi connectivity index (χ2n) is 12.8. The Morgan fingerprint density at radius 2 is 1.32 bits per heavy atom. The van der Waals surface area contributed by atoms with Gasteiger partial charge < -0.3 is 31.3 Å². The van der Waals surface area contributed by atoms with Crippen LogP contribution in [0.4, 0.5) is 0 Å². The van der Waals surface area contributed by atoms with Crippen molar-refractivity contribution in [2.24, 2.45) is 0 Å². The van der Waals surface area contributed by atoms with Gasteiger partial charge in [0.15, 0.2) is 16.6 Å². The molecule has 13 heteroatoms. The normalized spacial score (nSPS) is 14.6. The number of benzene rings is 1. The molecule has 0 bridgehead atoms. The van der Waals surface area contributed by atoms with Crippen LogP contribution in [-0.2, 0) is 36.1 Å². The number of unbranched alkanes of at least 4 members (excludes halogenated alkanes) is 1. The summed E-state index contributed by atoms with van der Waals surface area (Å²) in [7, 11) is -9.68. The molecule has 1 aromatic rings. The van der Waals surface area contributed by atoms with Gasteiger partial charge in [-0.2, -0.15) is 0 Å². The van der Waals surface area contributed by atoms with Crippen molar-refractivity contribution in [3.8, 4) is 5.75 Å². The summed E-state index contributed by atoms with van der Waals surface area (Å²) in [5, 5.41) is 0.778. The van der Waals surface area contributed by atoms with Crippen LogP contribution >= 0.6 is 0 Å². The molecule has 0 heterocycles. The third-order valence-corrected chi connectivity index (χ3v) is 20.0. The number of hydrogen-bond acceptors (Lipinski definition) is 9. The molecule has 0 aliphatic rings. The number of rotatable bonds is 21. The Balaban J connectivity index is 3.16. The summed E-state index contributed by atoms with van der Waals surface area (Å²) in [6, 6.07) is 7.76. The molecule has 0 saturated carbocycles. The maximum absolute atomic E-state index is 12.3. The zero-order valence-electron chi connectivity index (χ0n) is 28.9. The van der Waals surface area contributed by atoms with E-state index < -0.39 is 45.7 Å². The Kier molecular flexibility index (Phi) is 16.7. The van der Waals surface area contributed by atoms with Crippen molar-refractivity contribution < 1.29 is 40.9 Å². The number of carbonyl (C=O) groups is 2. The van der Waals surface area contributed by atoms with Crippen LogP contribution in [0.3, 0.4) is 0 Å². The van der Waals surface area contributed by atoms with Crippen LogP contribution in [0.1, 0.15) is 39.2 Å². The highest BCUT2D eigenvalue weighted by Gasteiger charge is 2.48. The van der Waals surface area contributed by atoms with E-state index >= 15 is 0 Å². The third-order valence-electron chi connectivity index (χ3n) is 6.01. The molecule has 0 N–H and O–H groups in total. The number of esters is 2. The van der Waals surface area contributed by atoms with Gasteiger partial charge in [-0.1, -0.05) is 32.1 Å². The monoisotopic (exact) mass is 684 g/mol. The van der Waals surface area contributed by atoms with E-state index in [0.717, 1.165) is 24.6 Å². The molecule has 1 aromatic carbocycles. The Morgan fingerprint density at radius 3 is 1.80 bits per heavy atom. The average molecular weight is 685 g/mol. The van der Waals surface area contributed by atoms with Gasteiger partial charge in [-0.05, 0) is 96.4 Å². The molecule has 0 saturated heterocycles. The smallest absolute Gasteiger partial charge is 0.348 e. The van der Waals surface area contributed by atoms with Crippen molar-refractivity contribution >= 4 is 51.8 Å². The molecule has 0 aliphatic heterocycles. The minimum atomic E-state index is -2.99. The standard InChI is InChI=1S/C31H56O9Si4/c1-13-16-21-34-22-23-43(11,38-41(5,6)7)40-44(12,39-42(8,9)10)26(4)25-37-28-19-17-27(18-20-28)24-29(30(32)35-14-2)31(33)36-15-3/h17-20,24H,4,13-16,21-23,25H2,1-3,5-12H3. The molecule has 2 unspecified atom stereocenters. The summed E-state index contributed by atoms with van der Waals surface area (Å²) in [6.07, 6.45) is 3.57. The lowest BCUT2D eigenvalue weighted by Gasteiger charge is -2.43. The predicted molar refractivity (Wildman–Crippen MR) is 186 cm³/mol. The zero-order chi connectivity index (χ0) is 33.6. The first kappa shape index (κ1) is 40.2. The molecule has 0 amide bonds. The van der Waals surface area contributed by atoms with E-state index in [0.29, 0.717) is 24.0 Å². The highest BCUT2D eigenvalue weighted by Crippen LogP contribution is 2.31. The minimum absolute atomic E-state index is 0.151. The lowest BCUT2D eigenvalue weighted by Crippen LogP contribution is -2.60. The van der Waals surface area contributed by atoms with Crippen molar-refractivity contribution in [1.29, 1.82) is 0 Å². The van der Waals surface area contributed by atoms with Gasteiger partial charge in [-0.3, -0.25) is 0 Å². The summed E-state index contributed by atoms with van der Waals surface area (Å²) in [5.74, 6) is -0.852. The molecule has 0 spiro atoms. The summed E-state index contributed by atoms with van der Waals surface area (Å²) < 4.78 is 42.7. The van der Waals surface area contributed by atoms with E-state index in [1.165, 1.54) is 6.08 Å². The Bertz CT molecular complexity index is 1080. The Labute approximate surface area is 270 Å². The van der Waals surface area contributed by atoms with Gasteiger partial charge in [-0.15, -0.1) is 0 Å². The molecule has 250 valence electrons. The predicted octanol–water partition coefficient (Wildman–Crippen LogP) is 7.35. The Morgan fingerprint density at radius 1 is 0.773 bits per heavy atom. The first-order valence-corrected chi connectivity index (χ1v) is 27.2. The second-order valence-corrected chi connectivity index (χ2v) is 29.1. The highest BCUT2D eigenvalue weighted by molar-refractivity contribution is 6.92. The highest BCUT2D eigenvalue weighted by atomic mass is 28.5. The summed E-state index contributed by atoms with van der Waals surface area (Å²) in [6.45, 7) is 28.9. The van der Waals surface area contributed by atoms with Crippen LogP contribution < -0.4 is 4.74 Å². The van der Waals surface area contributed by atoms with Crippen molar-refractivity contribution in [3.05, 3.63) is 47.2 Å². The van der Waals surface area contributed by atoms with Crippen molar-refractivity contribution in [1.82, 2.24) is 0 Å². The molecule has 0 radical (unpaired) electrons. The van der Waals surface area contributed by atoms with E-state index in [-0.39, 0.29) is 25.4 Å². The Hall–Kier alpha value is -1.85. The SMILES string of the molecule is C=C(COc1ccc(C=C(C(=O)OCC)C(=O)OCC)cc1)[Si](C)(O[Si](C)(C)C)O[Si](C)(CCOCCCC)O[Si](C)(C)C. The molecule has 2 atom stereocenters. The fourth-order valence-corrected chi connectivity index (χ4v) is 21.3. The minimum Gasteiger partial charge on any atom is -0.489 e. The van der Waals surface area contributed by atoms with Crippen LogP contribution in [0.2, 0.25) is 58.4 Å². The van der Waals surface area contributed by atoms with Crippen molar-refractivity contribution in [2.45, 2.75) is 92.0 Å². The lowest BCUT2D eigenvalue weighted by atomic mass is 10.1. The largest absolute Gasteiger partial charge is 0.489 e. The van der Waals surface area contributed by atoms with Gasteiger partial charge in [0.05, 0.1) is 13.2 Å². The topological polar surface area (TPSA) is 98.8 Å². The third kappa shape index (κ3) is 15.4. The fraction of sp³-hybridized carbons (Fsp3) is 0.613. The van der Waals surface area contributed by atoms with E-state index in [9.17, 15) is 9.59 Å². The van der Waals surface area contributed by atoms with Crippen LogP contribution in [-0.4, -0.2) is 78.7 Å². The zero-order valence-corrected chi connectivity index (χ0v) is 32.9. The van der Waals surface area contributed by atoms with Crippen LogP contribution in [0.25, 0.3) is 6.08 Å². The van der Waals surface area contributed by atoms with Crippen LogP contribution in [0, 0.1) is 0 Å². The van der Waals surface area contributed by atoms with E-state index in [2.05, 4.69) is 59.3 Å². The van der Waals surface area contributed by atoms with E-state index in [1.807, 2.05) is 6.55 Å². The maximum atomic E-state index is 12.3. The van der Waals surface area contributed by atoms with Gasteiger partial charge >= 0.3 is 29.1 Å². The van der Waals surface area contributed by atoms with Crippen LogP contribution in [0.5, 0.6) is 5.75 Å². The quantitative estimate of drug-likeness (QED) is 0.0329. The number of ether oxygens (including phenoxy) is 4. The molecule has 1 rings (SSSR count). The summed E-state index contributed by atoms with van der Waals surface area (Å²) in [5.41, 5.74) is 0.463. The maximum Gasteiger partial charge on any atom is 0.348 e. The number of carbonyl (C=O) groups excluding carboxylic acids is 2. The molecule has 0 fully saturated rings. The molecule has 9 nitrogen and oxygen atoms in total. The van der Waals surface area contributed by atoms with E-state index in [4.69, 9.17) is 31.3 Å². The van der Waals surface area contributed by atoms with Crippen molar-refractivity contribution in [3.63, 3.8) is 0 Å². The van der Waals surface area contributed by atoms with Gasteiger partial charge in [-0.25, -0.2) is 9.59 Å². The van der Waals surface area contributed by atoms with Gasteiger partial charge in [0.25, 0.3) is 0 Å². The first-order chi connectivity index (χ1) is 20.4. The van der Waals surface area contributed by atoms with Gasteiger partial charge in [0.1, 0.15) is 17.9 Å². The van der Waals surface area contributed by atoms with Gasteiger partial charge in [0.2, 0.25) is 0 Å². The lowest BCUT2D eigenvalue weighted by molar-refractivity contribution is -0.146. The molecule has 0 aliphatic carbocycles.